The van der Waals surface area contributed by atoms with Crippen LogP contribution in [0.4, 0.5) is 5.82 Å². The Morgan fingerprint density at radius 1 is 0.889 bits per heavy atom. The van der Waals surface area contributed by atoms with Gasteiger partial charge in [0.25, 0.3) is 0 Å². The minimum atomic E-state index is -0.630. The highest BCUT2D eigenvalue weighted by Crippen LogP contribution is 2.41. The minimum Gasteiger partial charge on any atom is -0.462 e. The molecule has 0 amide bonds. The quantitative estimate of drug-likeness (QED) is 0.169. The van der Waals surface area contributed by atoms with Gasteiger partial charge in [-0.1, -0.05) is 91.0 Å². The van der Waals surface area contributed by atoms with Crippen LogP contribution in [0.15, 0.2) is 103 Å². The predicted octanol–water partition coefficient (Wildman–Crippen LogP) is 6.98. The average molecular weight is 601 g/mol. The number of anilines is 1. The van der Waals surface area contributed by atoms with Gasteiger partial charge in [0.1, 0.15) is 22.9 Å². The van der Waals surface area contributed by atoms with Crippen molar-refractivity contribution in [2.45, 2.75) is 52.3 Å². The molecule has 6 rings (SSSR count). The molecule has 2 heterocycles. The Morgan fingerprint density at radius 2 is 1.51 bits per heavy atom. The molecule has 1 atom stereocenters. The van der Waals surface area contributed by atoms with E-state index >= 15 is 0 Å². The molecule has 0 spiro atoms. The van der Waals surface area contributed by atoms with Crippen LogP contribution in [0.1, 0.15) is 71.9 Å². The standard InChI is InChI=1S/C37H36N4O4/c1-5-44-35(42)31-22-38-41-33(40(23-25-14-8-6-9-15-25)24-26-16-10-7-11-17-26)21-32(39-34(31)41)29-20-30(36(43)45-37(2,3)4)28-19-13-12-18-27(28)29/h6-22,30H,5,23-24H2,1-4H3. The second-order valence-electron chi connectivity index (χ2n) is 12.0. The van der Waals surface area contributed by atoms with E-state index in [0.717, 1.165) is 33.6 Å². The lowest BCUT2D eigenvalue weighted by Crippen LogP contribution is -2.26. The SMILES string of the molecule is CCOC(=O)c1cnn2c(N(Cc3ccccc3)Cc3ccccc3)cc(C3=CC(C(=O)OC(C)(C)C)c4ccccc43)nc12. The predicted molar refractivity (Wildman–Crippen MR) is 174 cm³/mol. The van der Waals surface area contributed by atoms with E-state index in [1.165, 1.54) is 6.20 Å². The van der Waals surface area contributed by atoms with E-state index in [2.05, 4.69) is 34.3 Å². The molecule has 1 aliphatic carbocycles. The van der Waals surface area contributed by atoms with Gasteiger partial charge in [0.2, 0.25) is 0 Å². The maximum atomic E-state index is 13.4. The molecule has 0 fully saturated rings. The van der Waals surface area contributed by atoms with Crippen molar-refractivity contribution in [3.8, 4) is 0 Å². The van der Waals surface area contributed by atoms with Crippen LogP contribution >= 0.6 is 0 Å². The molecule has 228 valence electrons. The number of rotatable bonds is 9. The van der Waals surface area contributed by atoms with Crippen LogP contribution in [-0.2, 0) is 27.4 Å². The average Bonchev–Trinajstić information content (AvgIpc) is 3.63. The zero-order chi connectivity index (χ0) is 31.6. The Kier molecular flexibility index (Phi) is 8.22. The first-order valence-corrected chi connectivity index (χ1v) is 15.1. The van der Waals surface area contributed by atoms with Crippen molar-refractivity contribution in [3.63, 3.8) is 0 Å². The molecule has 1 unspecified atom stereocenters. The fourth-order valence-corrected chi connectivity index (χ4v) is 5.63. The summed E-state index contributed by atoms with van der Waals surface area (Å²) in [6.07, 6.45) is 3.43. The summed E-state index contributed by atoms with van der Waals surface area (Å²) < 4.78 is 12.9. The Balaban J connectivity index is 1.54. The zero-order valence-electron chi connectivity index (χ0n) is 25.9. The molecule has 0 aliphatic heterocycles. The summed E-state index contributed by atoms with van der Waals surface area (Å²) in [5.74, 6) is -0.653. The summed E-state index contributed by atoms with van der Waals surface area (Å²) in [6, 6.07) is 30.2. The molecule has 0 saturated carbocycles. The van der Waals surface area contributed by atoms with Crippen LogP contribution < -0.4 is 4.90 Å². The highest BCUT2D eigenvalue weighted by atomic mass is 16.6. The van der Waals surface area contributed by atoms with Crippen molar-refractivity contribution in [3.05, 3.63) is 137 Å². The van der Waals surface area contributed by atoms with Crippen molar-refractivity contribution in [2.24, 2.45) is 0 Å². The Labute approximate surface area is 262 Å². The summed E-state index contributed by atoms with van der Waals surface area (Å²) in [6.45, 7) is 8.76. The summed E-state index contributed by atoms with van der Waals surface area (Å²) in [7, 11) is 0. The minimum absolute atomic E-state index is 0.229. The van der Waals surface area contributed by atoms with Crippen molar-refractivity contribution < 1.29 is 19.1 Å². The molecule has 45 heavy (non-hydrogen) atoms. The number of carbonyl (C=O) groups is 2. The smallest absolute Gasteiger partial charge is 0.343 e. The van der Waals surface area contributed by atoms with Crippen molar-refractivity contribution in [2.75, 3.05) is 11.5 Å². The lowest BCUT2D eigenvalue weighted by Gasteiger charge is -2.26. The first-order valence-electron chi connectivity index (χ1n) is 15.1. The van der Waals surface area contributed by atoms with Crippen LogP contribution in [0.5, 0.6) is 0 Å². The molecular formula is C37H36N4O4. The van der Waals surface area contributed by atoms with Gasteiger partial charge in [0.05, 0.1) is 18.5 Å². The third-order valence-electron chi connectivity index (χ3n) is 7.56. The molecule has 1 aliphatic rings. The summed E-state index contributed by atoms with van der Waals surface area (Å²) in [5.41, 5.74) is 5.42. The molecule has 0 N–H and O–H groups in total. The van der Waals surface area contributed by atoms with Gasteiger partial charge in [0, 0.05) is 24.7 Å². The molecule has 5 aromatic rings. The van der Waals surface area contributed by atoms with E-state index in [1.54, 1.807) is 11.4 Å². The number of esters is 2. The second kappa shape index (κ2) is 12.4. The van der Waals surface area contributed by atoms with Gasteiger partial charge in [-0.3, -0.25) is 4.79 Å². The van der Waals surface area contributed by atoms with Gasteiger partial charge in [-0.05, 0) is 49.9 Å². The van der Waals surface area contributed by atoms with Crippen LogP contribution in [0.3, 0.4) is 0 Å². The number of ether oxygens (including phenoxy) is 2. The second-order valence-corrected chi connectivity index (χ2v) is 12.0. The first kappa shape index (κ1) is 29.8. The lowest BCUT2D eigenvalue weighted by molar-refractivity contribution is -0.155. The van der Waals surface area contributed by atoms with Gasteiger partial charge in [-0.15, -0.1) is 0 Å². The topological polar surface area (TPSA) is 86.0 Å². The molecular weight excluding hydrogens is 564 g/mol. The number of carbonyl (C=O) groups excluding carboxylic acids is 2. The van der Waals surface area contributed by atoms with E-state index in [1.807, 2.05) is 93.6 Å². The monoisotopic (exact) mass is 600 g/mol. The third kappa shape index (κ3) is 6.36. The number of aromatic nitrogens is 3. The zero-order valence-corrected chi connectivity index (χ0v) is 25.9. The van der Waals surface area contributed by atoms with Gasteiger partial charge in [-0.2, -0.15) is 9.61 Å². The van der Waals surface area contributed by atoms with E-state index in [-0.39, 0.29) is 18.1 Å². The maximum absolute atomic E-state index is 13.4. The maximum Gasteiger partial charge on any atom is 0.343 e. The van der Waals surface area contributed by atoms with E-state index in [0.29, 0.717) is 24.4 Å². The molecule has 2 aromatic heterocycles. The van der Waals surface area contributed by atoms with Gasteiger partial charge in [0.15, 0.2) is 5.65 Å². The number of hydrogen-bond donors (Lipinski definition) is 0. The molecule has 3 aromatic carbocycles. The van der Waals surface area contributed by atoms with Gasteiger partial charge >= 0.3 is 11.9 Å². The fraction of sp³-hybridized carbons (Fsp3) is 0.243. The van der Waals surface area contributed by atoms with E-state index in [4.69, 9.17) is 14.5 Å². The molecule has 0 radical (unpaired) electrons. The summed E-state index contributed by atoms with van der Waals surface area (Å²) >= 11 is 0. The Morgan fingerprint density at radius 3 is 2.13 bits per heavy atom. The lowest BCUT2D eigenvalue weighted by atomic mass is 9.99. The Hall–Kier alpha value is -5.24. The van der Waals surface area contributed by atoms with Crippen LogP contribution in [0.25, 0.3) is 11.2 Å². The van der Waals surface area contributed by atoms with Gasteiger partial charge < -0.3 is 14.4 Å². The van der Waals surface area contributed by atoms with Crippen LogP contribution in [0.2, 0.25) is 0 Å². The van der Waals surface area contributed by atoms with Crippen molar-refractivity contribution in [1.29, 1.82) is 0 Å². The molecule has 0 bridgehead atoms. The highest BCUT2D eigenvalue weighted by Gasteiger charge is 2.34. The number of nitrogens with zero attached hydrogens (tertiary/aromatic N) is 4. The Bertz CT molecular complexity index is 1830. The van der Waals surface area contributed by atoms with Crippen molar-refractivity contribution >= 4 is 29.0 Å². The summed E-state index contributed by atoms with van der Waals surface area (Å²) in [4.78, 5) is 33.7. The van der Waals surface area contributed by atoms with E-state index in [9.17, 15) is 9.59 Å². The van der Waals surface area contributed by atoms with Crippen molar-refractivity contribution in [1.82, 2.24) is 14.6 Å². The summed E-state index contributed by atoms with van der Waals surface area (Å²) in [5, 5.41) is 4.64. The molecule has 8 heteroatoms. The largest absolute Gasteiger partial charge is 0.462 e. The third-order valence-corrected chi connectivity index (χ3v) is 7.56. The van der Waals surface area contributed by atoms with Crippen LogP contribution in [0, 0.1) is 0 Å². The molecule has 0 saturated heterocycles. The van der Waals surface area contributed by atoms with Gasteiger partial charge in [-0.25, -0.2) is 9.78 Å². The highest BCUT2D eigenvalue weighted by molar-refractivity contribution is 5.98. The number of hydrogen-bond acceptors (Lipinski definition) is 7. The normalized spacial score (nSPS) is 14.1. The number of benzene rings is 3. The van der Waals surface area contributed by atoms with E-state index < -0.39 is 17.5 Å². The number of fused-ring (bicyclic) bond motifs is 2. The van der Waals surface area contributed by atoms with Crippen LogP contribution in [-0.4, -0.2) is 38.7 Å². The fourth-order valence-electron chi connectivity index (χ4n) is 5.63. The first-order chi connectivity index (χ1) is 21.7. The molecule has 8 nitrogen and oxygen atoms in total.